The molecule has 0 unspecified atom stereocenters. The minimum absolute atomic E-state index is 0. The van der Waals surface area contributed by atoms with E-state index in [0.717, 1.165) is 0 Å². The largest absolute Gasteiger partial charge is 0.394 e. The summed E-state index contributed by atoms with van der Waals surface area (Å²) in [6.07, 6.45) is -6.84. The van der Waals surface area contributed by atoms with E-state index >= 15 is 0 Å². The molecule has 0 fully saturated rings. The van der Waals surface area contributed by atoms with Crippen molar-refractivity contribution in [2.75, 3.05) is 6.61 Å². The Morgan fingerprint density at radius 2 is 1.54 bits per heavy atom. The molecular formula is C6H12AgO6. The fourth-order valence-electron chi connectivity index (χ4n) is 0.618. The molecule has 0 aliphatic heterocycles. The van der Waals surface area contributed by atoms with E-state index in [4.69, 9.17) is 25.5 Å². The van der Waals surface area contributed by atoms with Crippen LogP contribution < -0.4 is 0 Å². The number of hydrogen-bond donors (Lipinski definition) is 5. The minimum atomic E-state index is -1.79. The van der Waals surface area contributed by atoms with E-state index in [2.05, 4.69) is 0 Å². The van der Waals surface area contributed by atoms with Gasteiger partial charge < -0.3 is 30.3 Å². The molecule has 0 aromatic heterocycles. The van der Waals surface area contributed by atoms with Gasteiger partial charge >= 0.3 is 0 Å². The topological polar surface area (TPSA) is 118 Å². The quantitative estimate of drug-likeness (QED) is 0.266. The van der Waals surface area contributed by atoms with Crippen molar-refractivity contribution in [3.05, 3.63) is 0 Å². The molecule has 1 radical (unpaired) electrons. The second-order valence-electron chi connectivity index (χ2n) is 2.36. The van der Waals surface area contributed by atoms with Crippen LogP contribution in [0.25, 0.3) is 0 Å². The molecular weight excluding hydrogens is 276 g/mol. The van der Waals surface area contributed by atoms with Crippen LogP contribution in [0.3, 0.4) is 0 Å². The first-order valence-corrected chi connectivity index (χ1v) is 3.33. The van der Waals surface area contributed by atoms with Gasteiger partial charge in [-0.3, -0.25) is 0 Å². The summed E-state index contributed by atoms with van der Waals surface area (Å²) in [5.41, 5.74) is 0. The molecule has 0 saturated heterocycles. The molecule has 0 bridgehead atoms. The average Bonchev–Trinajstić information content (AvgIpc) is 2.12. The van der Waals surface area contributed by atoms with Crippen LogP contribution in [-0.2, 0) is 27.2 Å². The Balaban J connectivity index is 0. The van der Waals surface area contributed by atoms with Crippen molar-refractivity contribution in [2.45, 2.75) is 24.4 Å². The van der Waals surface area contributed by atoms with E-state index in [1.54, 1.807) is 0 Å². The normalized spacial score (nSPS) is 19.5. The first kappa shape index (κ1) is 15.7. The van der Waals surface area contributed by atoms with Gasteiger partial charge in [0.1, 0.15) is 24.4 Å². The summed E-state index contributed by atoms with van der Waals surface area (Å²) in [6.45, 7) is -0.760. The van der Waals surface area contributed by atoms with E-state index < -0.39 is 31.0 Å². The molecule has 0 saturated carbocycles. The summed E-state index contributed by atoms with van der Waals surface area (Å²) in [4.78, 5) is 9.90. The third-order valence-corrected chi connectivity index (χ3v) is 1.42. The zero-order valence-corrected chi connectivity index (χ0v) is 8.02. The smallest absolute Gasteiger partial charge is 0.151 e. The summed E-state index contributed by atoms with van der Waals surface area (Å²) in [5, 5.41) is 43.5. The van der Waals surface area contributed by atoms with Crippen LogP contribution in [0.5, 0.6) is 0 Å². The van der Waals surface area contributed by atoms with Gasteiger partial charge in [-0.15, -0.1) is 0 Å². The average molecular weight is 288 g/mol. The molecule has 7 heteroatoms. The first-order valence-electron chi connectivity index (χ1n) is 3.33. The summed E-state index contributed by atoms with van der Waals surface area (Å²) >= 11 is 0. The van der Waals surface area contributed by atoms with Crippen LogP contribution in [0, 0.1) is 0 Å². The minimum Gasteiger partial charge on any atom is -0.394 e. The molecule has 0 spiro atoms. The Labute approximate surface area is 90.3 Å². The predicted molar refractivity (Wildman–Crippen MR) is 37.2 cm³/mol. The third kappa shape index (κ3) is 4.84. The number of hydrogen-bond acceptors (Lipinski definition) is 6. The zero-order valence-electron chi connectivity index (χ0n) is 6.54. The molecule has 0 rings (SSSR count). The van der Waals surface area contributed by atoms with Gasteiger partial charge in [-0.2, -0.15) is 0 Å². The summed E-state index contributed by atoms with van der Waals surface area (Å²) in [6, 6.07) is 0. The Morgan fingerprint density at radius 3 is 1.85 bits per heavy atom. The van der Waals surface area contributed by atoms with Gasteiger partial charge in [-0.25, -0.2) is 0 Å². The molecule has 0 aliphatic carbocycles. The molecule has 83 valence electrons. The molecule has 6 nitrogen and oxygen atoms in total. The molecule has 5 N–H and O–H groups in total. The van der Waals surface area contributed by atoms with Gasteiger partial charge in [0.05, 0.1) is 6.61 Å². The van der Waals surface area contributed by atoms with E-state index in [0.29, 0.717) is 0 Å². The van der Waals surface area contributed by atoms with E-state index in [9.17, 15) is 4.79 Å². The number of rotatable bonds is 5. The van der Waals surface area contributed by atoms with Gasteiger partial charge in [-0.05, 0) is 0 Å². The number of aliphatic hydroxyl groups is 5. The van der Waals surface area contributed by atoms with E-state index in [1.807, 2.05) is 0 Å². The Morgan fingerprint density at radius 1 is 1.08 bits per heavy atom. The summed E-state index contributed by atoms with van der Waals surface area (Å²) in [7, 11) is 0. The maximum atomic E-state index is 9.90. The van der Waals surface area contributed by atoms with Crippen LogP contribution in [0.15, 0.2) is 0 Å². The molecule has 0 heterocycles. The fraction of sp³-hybridized carbons (Fsp3) is 0.833. The fourth-order valence-corrected chi connectivity index (χ4v) is 0.618. The molecule has 0 aromatic carbocycles. The van der Waals surface area contributed by atoms with Crippen LogP contribution in [0.2, 0.25) is 0 Å². The monoisotopic (exact) mass is 287 g/mol. The van der Waals surface area contributed by atoms with E-state index in [1.165, 1.54) is 0 Å². The number of aldehydes is 1. The van der Waals surface area contributed by atoms with Crippen LogP contribution >= 0.6 is 0 Å². The molecule has 13 heavy (non-hydrogen) atoms. The van der Waals surface area contributed by atoms with Gasteiger partial charge in [0.2, 0.25) is 0 Å². The summed E-state index contributed by atoms with van der Waals surface area (Å²) < 4.78 is 0. The van der Waals surface area contributed by atoms with Crippen molar-refractivity contribution in [1.29, 1.82) is 0 Å². The van der Waals surface area contributed by atoms with Crippen molar-refractivity contribution >= 4 is 6.29 Å². The second-order valence-corrected chi connectivity index (χ2v) is 2.36. The maximum absolute atomic E-state index is 9.90. The van der Waals surface area contributed by atoms with Crippen LogP contribution in [0.4, 0.5) is 0 Å². The summed E-state index contributed by atoms with van der Waals surface area (Å²) in [5.74, 6) is 0. The van der Waals surface area contributed by atoms with Crippen molar-refractivity contribution in [2.24, 2.45) is 0 Å². The predicted octanol–water partition coefficient (Wildman–Crippen LogP) is -3.38. The number of carbonyl (C=O) groups is 1. The van der Waals surface area contributed by atoms with Gasteiger partial charge in [-0.1, -0.05) is 0 Å². The van der Waals surface area contributed by atoms with Crippen molar-refractivity contribution in [1.82, 2.24) is 0 Å². The Bertz CT molecular complexity index is 143. The van der Waals surface area contributed by atoms with Crippen LogP contribution in [-0.4, -0.2) is 62.8 Å². The van der Waals surface area contributed by atoms with Gasteiger partial charge in [0.25, 0.3) is 0 Å². The molecule has 0 aliphatic rings. The number of aliphatic hydroxyl groups excluding tert-OH is 5. The Kier molecular flexibility index (Phi) is 9.16. The SMILES string of the molecule is O=C[C@@H](O)[C@@H](O)[C@H](O)[C@H](O)CO.[Ag]. The first-order chi connectivity index (χ1) is 5.54. The third-order valence-electron chi connectivity index (χ3n) is 1.42. The number of carbonyl (C=O) groups excluding carboxylic acids is 1. The van der Waals surface area contributed by atoms with Crippen molar-refractivity contribution in [3.63, 3.8) is 0 Å². The molecule has 0 amide bonds. The van der Waals surface area contributed by atoms with E-state index in [-0.39, 0.29) is 28.7 Å². The van der Waals surface area contributed by atoms with Crippen molar-refractivity contribution < 1.29 is 52.7 Å². The molecule has 0 aromatic rings. The standard InChI is InChI=1S/C6H12O6.Ag/c7-1-3(9)5(11)6(12)4(10)2-8;/h1,3-6,8-12H,2H2;/t3-,4-,5-,6-;/m1./s1. The molecule has 4 atom stereocenters. The maximum Gasteiger partial charge on any atom is 0.151 e. The Hall–Kier alpha value is 0.210. The zero-order chi connectivity index (χ0) is 9.72. The van der Waals surface area contributed by atoms with Crippen LogP contribution in [0.1, 0.15) is 0 Å². The van der Waals surface area contributed by atoms with Crippen molar-refractivity contribution in [3.8, 4) is 0 Å². The van der Waals surface area contributed by atoms with Gasteiger partial charge in [0.15, 0.2) is 6.29 Å². The van der Waals surface area contributed by atoms with Gasteiger partial charge in [0, 0.05) is 22.4 Å². The second kappa shape index (κ2) is 7.60.